The fourth-order valence-corrected chi connectivity index (χ4v) is 3.01. The van der Waals surface area contributed by atoms with Crippen LogP contribution in [0.3, 0.4) is 0 Å². The van der Waals surface area contributed by atoms with Crippen molar-refractivity contribution in [2.45, 2.75) is 40.7 Å². The van der Waals surface area contributed by atoms with Gasteiger partial charge in [-0.2, -0.15) is 0 Å². The maximum atomic E-state index is 12.6. The number of carbonyl (C=O) groups is 3. The van der Waals surface area contributed by atoms with Crippen LogP contribution >= 0.6 is 0 Å². The van der Waals surface area contributed by atoms with Crippen molar-refractivity contribution in [3.05, 3.63) is 35.4 Å². The van der Waals surface area contributed by atoms with Crippen LogP contribution in [0, 0.1) is 12.3 Å². The number of piperazine rings is 1. The number of hydrogen-bond acceptors (Lipinski definition) is 3. The quantitative estimate of drug-likeness (QED) is 0.895. The molecule has 6 heteroatoms. The summed E-state index contributed by atoms with van der Waals surface area (Å²) in [4.78, 5) is 40.8. The maximum Gasteiger partial charge on any atom is 0.251 e. The smallest absolute Gasteiger partial charge is 0.251 e. The lowest BCUT2D eigenvalue weighted by Gasteiger charge is -2.38. The molecule has 1 fully saturated rings. The number of amides is 3. The second-order valence-electron chi connectivity index (χ2n) is 7.93. The van der Waals surface area contributed by atoms with Crippen molar-refractivity contribution in [1.82, 2.24) is 15.1 Å². The third-order valence-electron chi connectivity index (χ3n) is 4.52. The predicted octanol–water partition coefficient (Wildman–Crippen LogP) is 1.83. The van der Waals surface area contributed by atoms with E-state index in [-0.39, 0.29) is 17.7 Å². The summed E-state index contributed by atoms with van der Waals surface area (Å²) in [6.45, 7) is 11.4. The minimum Gasteiger partial charge on any atom is -0.341 e. The molecule has 1 aliphatic rings. The number of rotatable bonds is 3. The number of nitrogens with zero attached hydrogens (tertiary/aromatic N) is 2. The molecule has 1 unspecified atom stereocenters. The zero-order chi connectivity index (χ0) is 19.5. The highest BCUT2D eigenvalue weighted by Crippen LogP contribution is 2.18. The molecule has 142 valence electrons. The second kappa shape index (κ2) is 7.89. The van der Waals surface area contributed by atoms with Gasteiger partial charge in [0.25, 0.3) is 5.91 Å². The van der Waals surface area contributed by atoms with E-state index in [1.807, 2.05) is 39.8 Å². The SMILES string of the molecule is Cc1cccc(C(=O)NC(C)C(=O)N2CCN(C(=O)C(C)(C)C)CC2)c1. The normalized spacial score (nSPS) is 16.2. The van der Waals surface area contributed by atoms with Crippen LogP contribution in [-0.2, 0) is 9.59 Å². The van der Waals surface area contributed by atoms with E-state index in [0.717, 1.165) is 5.56 Å². The molecule has 1 N–H and O–H groups in total. The van der Waals surface area contributed by atoms with Crippen molar-refractivity contribution >= 4 is 17.7 Å². The Morgan fingerprint density at radius 1 is 1.04 bits per heavy atom. The van der Waals surface area contributed by atoms with Crippen molar-refractivity contribution in [2.75, 3.05) is 26.2 Å². The summed E-state index contributed by atoms with van der Waals surface area (Å²) in [5, 5.41) is 2.77. The zero-order valence-corrected chi connectivity index (χ0v) is 16.3. The van der Waals surface area contributed by atoms with Gasteiger partial charge in [0.15, 0.2) is 0 Å². The Bertz CT molecular complexity index is 686. The fraction of sp³-hybridized carbons (Fsp3) is 0.550. The summed E-state index contributed by atoms with van der Waals surface area (Å²) in [7, 11) is 0. The van der Waals surface area contributed by atoms with Crippen LogP contribution < -0.4 is 5.32 Å². The Hall–Kier alpha value is -2.37. The number of benzene rings is 1. The van der Waals surface area contributed by atoms with Crippen molar-refractivity contribution in [2.24, 2.45) is 5.41 Å². The highest BCUT2D eigenvalue weighted by molar-refractivity contribution is 5.97. The van der Waals surface area contributed by atoms with Gasteiger partial charge in [0.05, 0.1) is 0 Å². The first-order valence-electron chi connectivity index (χ1n) is 9.05. The Balaban J connectivity index is 1.89. The molecule has 1 heterocycles. The number of hydrogen-bond donors (Lipinski definition) is 1. The average Bonchev–Trinajstić information content (AvgIpc) is 2.59. The molecule has 26 heavy (non-hydrogen) atoms. The van der Waals surface area contributed by atoms with Gasteiger partial charge in [-0.3, -0.25) is 14.4 Å². The topological polar surface area (TPSA) is 69.7 Å². The van der Waals surface area contributed by atoms with E-state index in [4.69, 9.17) is 0 Å². The fourth-order valence-electron chi connectivity index (χ4n) is 3.01. The van der Waals surface area contributed by atoms with Gasteiger partial charge in [-0.05, 0) is 26.0 Å². The minimum atomic E-state index is -0.604. The van der Waals surface area contributed by atoms with Crippen LogP contribution in [0.5, 0.6) is 0 Å². The molecule has 1 aromatic carbocycles. The van der Waals surface area contributed by atoms with Crippen molar-refractivity contribution in [1.29, 1.82) is 0 Å². The van der Waals surface area contributed by atoms with Crippen LogP contribution in [0.25, 0.3) is 0 Å². The van der Waals surface area contributed by atoms with E-state index in [0.29, 0.717) is 31.7 Å². The highest BCUT2D eigenvalue weighted by atomic mass is 16.2. The summed E-state index contributed by atoms with van der Waals surface area (Å²) < 4.78 is 0. The minimum absolute atomic E-state index is 0.102. The second-order valence-corrected chi connectivity index (χ2v) is 7.93. The lowest BCUT2D eigenvalue weighted by Crippen LogP contribution is -2.56. The molecule has 0 aromatic heterocycles. The molecule has 0 aliphatic carbocycles. The van der Waals surface area contributed by atoms with Crippen molar-refractivity contribution in [3.63, 3.8) is 0 Å². The lowest BCUT2D eigenvalue weighted by atomic mass is 9.94. The van der Waals surface area contributed by atoms with Crippen LogP contribution in [0.15, 0.2) is 24.3 Å². The summed E-state index contributed by atoms with van der Waals surface area (Å²) in [5.74, 6) is -0.268. The molecule has 1 atom stereocenters. The van der Waals surface area contributed by atoms with Crippen LogP contribution in [-0.4, -0.2) is 59.7 Å². The molecule has 6 nitrogen and oxygen atoms in total. The first kappa shape index (κ1) is 19.9. The molecule has 0 spiro atoms. The van der Waals surface area contributed by atoms with E-state index in [1.54, 1.807) is 28.9 Å². The maximum absolute atomic E-state index is 12.6. The molecular weight excluding hydrogens is 330 g/mol. The van der Waals surface area contributed by atoms with Crippen molar-refractivity contribution in [3.8, 4) is 0 Å². The summed E-state index contributed by atoms with van der Waals surface area (Å²) in [6.07, 6.45) is 0. The van der Waals surface area contributed by atoms with Gasteiger partial charge in [-0.25, -0.2) is 0 Å². The summed E-state index contributed by atoms with van der Waals surface area (Å²) in [5.41, 5.74) is 1.13. The van der Waals surface area contributed by atoms with Crippen LogP contribution in [0.4, 0.5) is 0 Å². The van der Waals surface area contributed by atoms with Gasteiger partial charge >= 0.3 is 0 Å². The summed E-state index contributed by atoms with van der Waals surface area (Å²) in [6, 6.07) is 6.67. The van der Waals surface area contributed by atoms with E-state index < -0.39 is 11.5 Å². The van der Waals surface area contributed by atoms with E-state index in [1.165, 1.54) is 0 Å². The Kier molecular flexibility index (Phi) is 6.05. The molecule has 0 saturated carbocycles. The van der Waals surface area contributed by atoms with Gasteiger partial charge < -0.3 is 15.1 Å². The molecule has 3 amide bonds. The zero-order valence-electron chi connectivity index (χ0n) is 16.3. The van der Waals surface area contributed by atoms with E-state index >= 15 is 0 Å². The Morgan fingerprint density at radius 2 is 1.62 bits per heavy atom. The van der Waals surface area contributed by atoms with E-state index in [9.17, 15) is 14.4 Å². The summed E-state index contributed by atoms with van der Waals surface area (Å²) >= 11 is 0. The standard InChI is InChI=1S/C20H29N3O3/c1-14-7-6-8-16(13-14)17(24)21-15(2)18(25)22-9-11-23(12-10-22)19(26)20(3,4)5/h6-8,13,15H,9-12H2,1-5H3,(H,21,24). The molecule has 1 saturated heterocycles. The highest BCUT2D eigenvalue weighted by Gasteiger charge is 2.32. The molecule has 0 radical (unpaired) electrons. The van der Waals surface area contributed by atoms with Crippen LogP contribution in [0.1, 0.15) is 43.6 Å². The number of nitrogens with one attached hydrogen (secondary N) is 1. The van der Waals surface area contributed by atoms with Crippen molar-refractivity contribution < 1.29 is 14.4 Å². The number of aryl methyl sites for hydroxylation is 1. The third-order valence-corrected chi connectivity index (χ3v) is 4.52. The van der Waals surface area contributed by atoms with Gasteiger partial charge in [-0.1, -0.05) is 38.5 Å². The first-order chi connectivity index (χ1) is 12.1. The van der Waals surface area contributed by atoms with Crippen LogP contribution in [0.2, 0.25) is 0 Å². The average molecular weight is 359 g/mol. The Morgan fingerprint density at radius 3 is 2.15 bits per heavy atom. The molecule has 1 aromatic rings. The number of carbonyl (C=O) groups excluding carboxylic acids is 3. The molecule has 2 rings (SSSR count). The van der Waals surface area contributed by atoms with Gasteiger partial charge in [0.1, 0.15) is 6.04 Å². The monoisotopic (exact) mass is 359 g/mol. The predicted molar refractivity (Wildman–Crippen MR) is 101 cm³/mol. The molecular formula is C20H29N3O3. The molecule has 0 bridgehead atoms. The third kappa shape index (κ3) is 4.84. The van der Waals surface area contributed by atoms with E-state index in [2.05, 4.69) is 5.32 Å². The lowest BCUT2D eigenvalue weighted by molar-refractivity contribution is -0.145. The Labute approximate surface area is 155 Å². The van der Waals surface area contributed by atoms with Gasteiger partial charge in [-0.15, -0.1) is 0 Å². The largest absolute Gasteiger partial charge is 0.341 e. The van der Waals surface area contributed by atoms with Gasteiger partial charge in [0.2, 0.25) is 11.8 Å². The van der Waals surface area contributed by atoms with Gasteiger partial charge in [0, 0.05) is 37.2 Å². The first-order valence-corrected chi connectivity index (χ1v) is 9.05. The molecule has 1 aliphatic heterocycles.